The van der Waals surface area contributed by atoms with E-state index in [4.69, 9.17) is 11.6 Å². The first-order valence-corrected chi connectivity index (χ1v) is 9.16. The molecule has 0 radical (unpaired) electrons. The lowest BCUT2D eigenvalue weighted by atomic mass is 9.83. The molecule has 0 saturated carbocycles. The number of nitrogens with zero attached hydrogens (tertiary/aromatic N) is 1. The van der Waals surface area contributed by atoms with Crippen LogP contribution in [0.2, 0.25) is 5.02 Å². The van der Waals surface area contributed by atoms with Gasteiger partial charge in [-0.05, 0) is 37.8 Å². The third-order valence-corrected chi connectivity index (χ3v) is 5.95. The summed E-state index contributed by atoms with van der Waals surface area (Å²) in [6, 6.07) is 2.29. The van der Waals surface area contributed by atoms with Crippen LogP contribution in [0.25, 0.3) is 0 Å². The zero-order valence-corrected chi connectivity index (χ0v) is 15.9. The summed E-state index contributed by atoms with van der Waals surface area (Å²) in [4.78, 5) is 10.2. The van der Waals surface area contributed by atoms with Gasteiger partial charge < -0.3 is 5.32 Å². The van der Waals surface area contributed by atoms with E-state index >= 15 is 0 Å². The summed E-state index contributed by atoms with van der Waals surface area (Å²) in [5.74, 6) is 0. The number of piperidine rings is 1. The van der Waals surface area contributed by atoms with E-state index in [0.29, 0.717) is 0 Å². The van der Waals surface area contributed by atoms with E-state index in [1.807, 2.05) is 6.92 Å². The minimum Gasteiger partial charge on any atom is -0.316 e. The number of nitrogens with one attached hydrogen (secondary N) is 2. The van der Waals surface area contributed by atoms with Gasteiger partial charge in [0, 0.05) is 24.7 Å². The first kappa shape index (κ1) is 21.1. The van der Waals surface area contributed by atoms with E-state index in [1.54, 1.807) is 0 Å². The standard InChI is InChI=1S/C14H20ClN3O4S.ClH/c1-10-12(15)6-11(7-13(10)18(19)20)23(21,22)17-9-14(2)4-3-5-16-8-14;/h6-7,16-17H,3-5,8-9H2,1-2H3;1H. The van der Waals surface area contributed by atoms with Crippen LogP contribution in [0.3, 0.4) is 0 Å². The van der Waals surface area contributed by atoms with Crippen LogP contribution < -0.4 is 10.0 Å². The molecule has 24 heavy (non-hydrogen) atoms. The van der Waals surface area contributed by atoms with Crippen molar-refractivity contribution in [3.8, 4) is 0 Å². The Hall–Kier alpha value is -0.930. The molecule has 0 amide bonds. The molecule has 1 heterocycles. The fourth-order valence-electron chi connectivity index (χ4n) is 2.61. The summed E-state index contributed by atoms with van der Waals surface area (Å²) >= 11 is 5.94. The quantitative estimate of drug-likeness (QED) is 0.587. The van der Waals surface area contributed by atoms with Crippen LogP contribution >= 0.6 is 24.0 Å². The molecule has 2 rings (SSSR count). The zero-order valence-electron chi connectivity index (χ0n) is 13.5. The lowest BCUT2D eigenvalue weighted by molar-refractivity contribution is -0.385. The molecule has 1 aromatic carbocycles. The monoisotopic (exact) mass is 397 g/mol. The predicted octanol–water partition coefficient (Wildman–Crippen LogP) is 2.65. The molecular formula is C14H21Cl2N3O4S. The first-order valence-electron chi connectivity index (χ1n) is 7.30. The number of hydrogen-bond donors (Lipinski definition) is 2. The summed E-state index contributed by atoms with van der Waals surface area (Å²) in [5, 5.41) is 14.3. The lowest BCUT2D eigenvalue weighted by Gasteiger charge is -2.34. The van der Waals surface area contributed by atoms with E-state index in [1.165, 1.54) is 13.0 Å². The van der Waals surface area contributed by atoms with Crippen molar-refractivity contribution in [2.45, 2.75) is 31.6 Å². The maximum absolute atomic E-state index is 12.4. The number of rotatable bonds is 5. The van der Waals surface area contributed by atoms with Gasteiger partial charge in [0.25, 0.3) is 5.69 Å². The van der Waals surface area contributed by atoms with Crippen LogP contribution in [0.1, 0.15) is 25.3 Å². The Morgan fingerprint density at radius 3 is 2.67 bits per heavy atom. The van der Waals surface area contributed by atoms with E-state index < -0.39 is 14.9 Å². The Labute approximate surface area is 152 Å². The third-order valence-electron chi connectivity index (χ3n) is 4.17. The van der Waals surface area contributed by atoms with Gasteiger partial charge in [-0.3, -0.25) is 10.1 Å². The third kappa shape index (κ3) is 4.80. The van der Waals surface area contributed by atoms with Crippen molar-refractivity contribution < 1.29 is 13.3 Å². The molecule has 1 atom stereocenters. The Morgan fingerprint density at radius 1 is 1.46 bits per heavy atom. The molecule has 1 aromatic rings. The Bertz CT molecular complexity index is 719. The molecule has 136 valence electrons. The van der Waals surface area contributed by atoms with Crippen molar-refractivity contribution in [2.24, 2.45) is 5.41 Å². The van der Waals surface area contributed by atoms with Crippen LogP contribution in [0, 0.1) is 22.5 Å². The van der Waals surface area contributed by atoms with Crippen molar-refractivity contribution in [3.63, 3.8) is 0 Å². The summed E-state index contributed by atoms with van der Waals surface area (Å²) in [6.07, 6.45) is 1.90. The number of benzene rings is 1. The molecule has 1 fully saturated rings. The van der Waals surface area contributed by atoms with Gasteiger partial charge in [-0.2, -0.15) is 0 Å². The lowest BCUT2D eigenvalue weighted by Crippen LogP contribution is -2.45. The van der Waals surface area contributed by atoms with Crippen molar-refractivity contribution in [3.05, 3.63) is 32.8 Å². The molecule has 1 unspecified atom stereocenters. The maximum atomic E-state index is 12.4. The minimum atomic E-state index is -3.86. The van der Waals surface area contributed by atoms with E-state index in [2.05, 4.69) is 10.0 Å². The molecule has 0 bridgehead atoms. The largest absolute Gasteiger partial charge is 0.316 e. The molecule has 0 aromatic heterocycles. The van der Waals surface area contributed by atoms with E-state index in [9.17, 15) is 18.5 Å². The Morgan fingerprint density at radius 2 is 2.12 bits per heavy atom. The summed E-state index contributed by atoms with van der Waals surface area (Å²) in [7, 11) is -3.86. The maximum Gasteiger partial charge on any atom is 0.275 e. The number of nitro benzene ring substituents is 1. The van der Waals surface area contributed by atoms with Crippen molar-refractivity contribution in [1.29, 1.82) is 0 Å². The second-order valence-electron chi connectivity index (χ2n) is 6.22. The smallest absolute Gasteiger partial charge is 0.275 e. The second kappa shape index (κ2) is 7.97. The zero-order chi connectivity index (χ0) is 17.3. The van der Waals surface area contributed by atoms with Crippen molar-refractivity contribution in [2.75, 3.05) is 19.6 Å². The highest BCUT2D eigenvalue weighted by Gasteiger charge is 2.29. The van der Waals surface area contributed by atoms with Crippen LogP contribution in [0.5, 0.6) is 0 Å². The molecule has 10 heteroatoms. The summed E-state index contributed by atoms with van der Waals surface area (Å²) in [5.41, 5.74) is -0.228. The molecule has 7 nitrogen and oxygen atoms in total. The Kier molecular flexibility index (Phi) is 7.01. The van der Waals surface area contributed by atoms with Gasteiger partial charge in [0.1, 0.15) is 0 Å². The highest BCUT2D eigenvalue weighted by atomic mass is 35.5. The Balaban J connectivity index is 0.00000288. The van der Waals surface area contributed by atoms with E-state index in [-0.39, 0.29) is 45.5 Å². The fraction of sp³-hybridized carbons (Fsp3) is 0.571. The second-order valence-corrected chi connectivity index (χ2v) is 8.40. The molecule has 1 aliphatic heterocycles. The SMILES string of the molecule is Cc1c(Cl)cc(S(=O)(=O)NCC2(C)CCCNC2)cc1[N+](=O)[O-].Cl. The van der Waals surface area contributed by atoms with Crippen LogP contribution in [-0.4, -0.2) is 33.0 Å². The fourth-order valence-corrected chi connectivity index (χ4v) is 4.13. The van der Waals surface area contributed by atoms with Gasteiger partial charge in [-0.1, -0.05) is 18.5 Å². The molecule has 0 aliphatic carbocycles. The molecule has 0 spiro atoms. The van der Waals surface area contributed by atoms with Crippen LogP contribution in [0.4, 0.5) is 5.69 Å². The summed E-state index contributed by atoms with van der Waals surface area (Å²) < 4.78 is 27.4. The minimum absolute atomic E-state index is 0. The topological polar surface area (TPSA) is 101 Å². The van der Waals surface area contributed by atoms with Crippen molar-refractivity contribution in [1.82, 2.24) is 10.0 Å². The highest BCUT2D eigenvalue weighted by molar-refractivity contribution is 7.89. The van der Waals surface area contributed by atoms with Gasteiger partial charge in [-0.25, -0.2) is 13.1 Å². The number of hydrogen-bond acceptors (Lipinski definition) is 5. The van der Waals surface area contributed by atoms with Gasteiger partial charge >= 0.3 is 0 Å². The summed E-state index contributed by atoms with van der Waals surface area (Å²) in [6.45, 7) is 5.42. The van der Waals surface area contributed by atoms with Crippen molar-refractivity contribution >= 4 is 39.7 Å². The number of halogens is 2. The highest BCUT2D eigenvalue weighted by Crippen LogP contribution is 2.30. The van der Waals surface area contributed by atoms with E-state index in [0.717, 1.165) is 32.0 Å². The van der Waals surface area contributed by atoms with Crippen LogP contribution in [-0.2, 0) is 10.0 Å². The number of nitro groups is 1. The number of sulfonamides is 1. The molecule has 1 aliphatic rings. The van der Waals surface area contributed by atoms with Gasteiger partial charge in [-0.15, -0.1) is 12.4 Å². The normalized spacial score (nSPS) is 21.1. The van der Waals surface area contributed by atoms with Gasteiger partial charge in [0.15, 0.2) is 0 Å². The average molecular weight is 398 g/mol. The van der Waals surface area contributed by atoms with Gasteiger partial charge in [0.2, 0.25) is 10.0 Å². The van der Waals surface area contributed by atoms with Crippen LogP contribution in [0.15, 0.2) is 17.0 Å². The molecular weight excluding hydrogens is 377 g/mol. The molecule has 1 saturated heterocycles. The first-order chi connectivity index (χ1) is 10.6. The van der Waals surface area contributed by atoms with Gasteiger partial charge in [0.05, 0.1) is 14.8 Å². The average Bonchev–Trinajstić information content (AvgIpc) is 2.48. The molecule has 2 N–H and O–H groups in total. The predicted molar refractivity (Wildman–Crippen MR) is 95.5 cm³/mol.